The van der Waals surface area contributed by atoms with Crippen LogP contribution in [0.5, 0.6) is 0 Å². The first kappa shape index (κ1) is 13.0. The van der Waals surface area contributed by atoms with Crippen molar-refractivity contribution in [2.24, 2.45) is 0 Å². The SMILES string of the molecule is CCNCc1ncn(Cc2cc(F)ccc2Cl)n1. The molecule has 2 aromatic rings. The maximum Gasteiger partial charge on any atom is 0.164 e. The van der Waals surface area contributed by atoms with Gasteiger partial charge in [0, 0.05) is 5.02 Å². The van der Waals surface area contributed by atoms with Crippen molar-refractivity contribution in [1.82, 2.24) is 20.1 Å². The Kier molecular flexibility index (Phi) is 4.28. The molecule has 0 aliphatic carbocycles. The number of halogens is 2. The Hall–Kier alpha value is -1.46. The van der Waals surface area contributed by atoms with E-state index in [0.29, 0.717) is 29.5 Å². The average molecular weight is 269 g/mol. The van der Waals surface area contributed by atoms with Crippen molar-refractivity contribution >= 4 is 11.6 Å². The Morgan fingerprint density at radius 2 is 2.28 bits per heavy atom. The molecule has 1 N–H and O–H groups in total. The molecule has 0 spiro atoms. The first-order valence-corrected chi connectivity index (χ1v) is 6.10. The molecule has 0 unspecified atom stereocenters. The molecule has 1 aromatic carbocycles. The first-order chi connectivity index (χ1) is 8.69. The van der Waals surface area contributed by atoms with Crippen LogP contribution in [0, 0.1) is 5.82 Å². The van der Waals surface area contributed by atoms with Crippen LogP contribution < -0.4 is 5.32 Å². The Balaban J connectivity index is 2.08. The molecule has 0 atom stereocenters. The highest BCUT2D eigenvalue weighted by molar-refractivity contribution is 6.31. The summed E-state index contributed by atoms with van der Waals surface area (Å²) in [5.74, 6) is 0.409. The predicted molar refractivity (Wildman–Crippen MR) is 67.9 cm³/mol. The Morgan fingerprint density at radius 3 is 3.06 bits per heavy atom. The summed E-state index contributed by atoms with van der Waals surface area (Å²) in [6, 6.07) is 4.29. The van der Waals surface area contributed by atoms with Crippen LogP contribution in [0.2, 0.25) is 5.02 Å². The molecule has 18 heavy (non-hydrogen) atoms. The molecule has 0 radical (unpaired) electrons. The van der Waals surface area contributed by atoms with Crippen molar-refractivity contribution in [3.8, 4) is 0 Å². The van der Waals surface area contributed by atoms with E-state index in [2.05, 4.69) is 15.4 Å². The average Bonchev–Trinajstić information content (AvgIpc) is 2.79. The third kappa shape index (κ3) is 3.27. The summed E-state index contributed by atoms with van der Waals surface area (Å²) in [6.45, 7) is 3.92. The van der Waals surface area contributed by atoms with Gasteiger partial charge in [-0.1, -0.05) is 18.5 Å². The van der Waals surface area contributed by atoms with Gasteiger partial charge in [-0.3, -0.25) is 0 Å². The summed E-state index contributed by atoms with van der Waals surface area (Å²) in [6.07, 6.45) is 1.62. The number of nitrogens with zero attached hydrogens (tertiary/aromatic N) is 3. The summed E-state index contributed by atoms with van der Waals surface area (Å²) >= 11 is 6.00. The molecule has 0 bridgehead atoms. The highest BCUT2D eigenvalue weighted by Crippen LogP contribution is 2.17. The van der Waals surface area contributed by atoms with Crippen molar-refractivity contribution in [2.75, 3.05) is 6.54 Å². The maximum atomic E-state index is 13.1. The Labute approximate surface area is 110 Å². The largest absolute Gasteiger partial charge is 0.310 e. The topological polar surface area (TPSA) is 42.7 Å². The van der Waals surface area contributed by atoms with Crippen molar-refractivity contribution in [2.45, 2.75) is 20.0 Å². The van der Waals surface area contributed by atoms with Crippen LogP contribution in [0.4, 0.5) is 4.39 Å². The molecular weight excluding hydrogens is 255 g/mol. The van der Waals surface area contributed by atoms with Gasteiger partial charge in [0.1, 0.15) is 12.1 Å². The van der Waals surface area contributed by atoms with E-state index in [4.69, 9.17) is 11.6 Å². The molecule has 96 valence electrons. The van der Waals surface area contributed by atoms with Gasteiger partial charge in [0.25, 0.3) is 0 Å². The molecule has 1 heterocycles. The Bertz CT molecular complexity index is 527. The zero-order valence-electron chi connectivity index (χ0n) is 10.0. The van der Waals surface area contributed by atoms with Crippen LogP contribution in [-0.2, 0) is 13.1 Å². The summed E-state index contributed by atoms with van der Waals surface area (Å²) in [5, 5.41) is 7.94. The lowest BCUT2D eigenvalue weighted by Crippen LogP contribution is -2.13. The van der Waals surface area contributed by atoms with E-state index in [1.807, 2.05) is 6.92 Å². The van der Waals surface area contributed by atoms with E-state index in [1.165, 1.54) is 12.1 Å². The molecule has 0 aliphatic heterocycles. The van der Waals surface area contributed by atoms with Crippen molar-refractivity contribution in [3.63, 3.8) is 0 Å². The van der Waals surface area contributed by atoms with E-state index in [0.717, 1.165) is 6.54 Å². The minimum atomic E-state index is -0.303. The van der Waals surface area contributed by atoms with Crippen LogP contribution in [-0.4, -0.2) is 21.3 Å². The van der Waals surface area contributed by atoms with Crippen molar-refractivity contribution < 1.29 is 4.39 Å². The van der Waals surface area contributed by atoms with Crippen LogP contribution in [0.25, 0.3) is 0 Å². The van der Waals surface area contributed by atoms with Crippen LogP contribution in [0.1, 0.15) is 18.3 Å². The lowest BCUT2D eigenvalue weighted by Gasteiger charge is -2.04. The molecule has 6 heteroatoms. The van der Waals surface area contributed by atoms with Gasteiger partial charge >= 0.3 is 0 Å². The predicted octanol–water partition coefficient (Wildman–Crippen LogP) is 2.23. The summed E-state index contributed by atoms with van der Waals surface area (Å²) in [4.78, 5) is 4.15. The third-order valence-electron chi connectivity index (χ3n) is 2.46. The summed E-state index contributed by atoms with van der Waals surface area (Å²) in [5.41, 5.74) is 0.691. The smallest absolute Gasteiger partial charge is 0.164 e. The standard InChI is InChI=1S/C12H14ClFN4/c1-2-15-6-12-16-8-18(17-12)7-9-5-10(14)3-4-11(9)13/h3-5,8,15H,2,6-7H2,1H3. The van der Waals surface area contributed by atoms with E-state index < -0.39 is 0 Å². The second-order valence-electron chi connectivity index (χ2n) is 3.87. The number of nitrogens with one attached hydrogen (secondary N) is 1. The molecule has 0 fully saturated rings. The lowest BCUT2D eigenvalue weighted by molar-refractivity contribution is 0.615. The zero-order chi connectivity index (χ0) is 13.0. The van der Waals surface area contributed by atoms with E-state index in [-0.39, 0.29) is 5.82 Å². The molecule has 2 rings (SSSR count). The molecular formula is C12H14ClFN4. The van der Waals surface area contributed by atoms with Crippen LogP contribution in [0.3, 0.4) is 0 Å². The van der Waals surface area contributed by atoms with Gasteiger partial charge in [0.2, 0.25) is 0 Å². The van der Waals surface area contributed by atoms with E-state index >= 15 is 0 Å². The fourth-order valence-electron chi connectivity index (χ4n) is 1.57. The van der Waals surface area contributed by atoms with Gasteiger partial charge in [-0.15, -0.1) is 0 Å². The van der Waals surface area contributed by atoms with Gasteiger partial charge in [0.05, 0.1) is 13.1 Å². The van der Waals surface area contributed by atoms with E-state index in [9.17, 15) is 4.39 Å². The summed E-state index contributed by atoms with van der Waals surface area (Å²) in [7, 11) is 0. The molecule has 4 nitrogen and oxygen atoms in total. The minimum Gasteiger partial charge on any atom is -0.310 e. The van der Waals surface area contributed by atoms with Crippen molar-refractivity contribution in [1.29, 1.82) is 0 Å². The quantitative estimate of drug-likeness (QED) is 0.904. The number of benzene rings is 1. The lowest BCUT2D eigenvalue weighted by atomic mass is 10.2. The normalized spacial score (nSPS) is 10.8. The molecule has 0 saturated heterocycles. The van der Waals surface area contributed by atoms with E-state index in [1.54, 1.807) is 17.1 Å². The fraction of sp³-hybridized carbons (Fsp3) is 0.333. The minimum absolute atomic E-state index is 0.303. The number of rotatable bonds is 5. The van der Waals surface area contributed by atoms with Crippen LogP contribution in [0.15, 0.2) is 24.5 Å². The van der Waals surface area contributed by atoms with Crippen LogP contribution >= 0.6 is 11.6 Å². The van der Waals surface area contributed by atoms with Gasteiger partial charge < -0.3 is 5.32 Å². The fourth-order valence-corrected chi connectivity index (χ4v) is 1.74. The second-order valence-corrected chi connectivity index (χ2v) is 4.28. The highest BCUT2D eigenvalue weighted by Gasteiger charge is 2.05. The summed E-state index contributed by atoms with van der Waals surface area (Å²) < 4.78 is 14.8. The van der Waals surface area contributed by atoms with Crippen molar-refractivity contribution in [3.05, 3.63) is 46.8 Å². The monoisotopic (exact) mass is 268 g/mol. The first-order valence-electron chi connectivity index (χ1n) is 5.72. The Morgan fingerprint density at radius 1 is 1.44 bits per heavy atom. The maximum absolute atomic E-state index is 13.1. The second kappa shape index (κ2) is 5.93. The van der Waals surface area contributed by atoms with Gasteiger partial charge in [-0.2, -0.15) is 5.10 Å². The molecule has 0 aliphatic rings. The number of hydrogen-bond acceptors (Lipinski definition) is 3. The van der Waals surface area contributed by atoms with Gasteiger partial charge in [-0.05, 0) is 30.3 Å². The number of hydrogen-bond donors (Lipinski definition) is 1. The molecule has 0 amide bonds. The highest BCUT2D eigenvalue weighted by atomic mass is 35.5. The number of aromatic nitrogens is 3. The molecule has 1 aromatic heterocycles. The zero-order valence-corrected chi connectivity index (χ0v) is 10.8. The van der Waals surface area contributed by atoms with Gasteiger partial charge in [-0.25, -0.2) is 14.1 Å². The molecule has 0 saturated carbocycles. The third-order valence-corrected chi connectivity index (χ3v) is 2.83. The van der Waals surface area contributed by atoms with Gasteiger partial charge in [0.15, 0.2) is 5.82 Å².